The molecular formula is C13H17ClN2O2. The number of hydrogen-bond donors (Lipinski definition) is 2. The fraction of sp³-hybridized carbons (Fsp3) is 0.385. The summed E-state index contributed by atoms with van der Waals surface area (Å²) in [5.74, 6) is -0.331. The molecular weight excluding hydrogens is 252 g/mol. The average Bonchev–Trinajstić information content (AvgIpc) is 2.36. The monoisotopic (exact) mass is 268 g/mol. The highest BCUT2D eigenvalue weighted by molar-refractivity contribution is 6.17. The first-order chi connectivity index (χ1) is 8.36. The predicted octanol–water partition coefficient (Wildman–Crippen LogP) is 1.67. The fourth-order valence-electron chi connectivity index (χ4n) is 1.29. The zero-order valence-electron chi connectivity index (χ0n) is 10.5. The summed E-state index contributed by atoms with van der Waals surface area (Å²) in [6, 6.07) is 7.03. The Bertz CT molecular complexity index is 458. The van der Waals surface area contributed by atoms with Crippen molar-refractivity contribution in [2.24, 2.45) is 11.1 Å². The number of hydrogen-bond acceptors (Lipinski definition) is 2. The van der Waals surface area contributed by atoms with Crippen LogP contribution in [0.2, 0.25) is 0 Å². The molecule has 0 fully saturated rings. The Labute approximate surface area is 112 Å². The van der Waals surface area contributed by atoms with E-state index in [9.17, 15) is 9.59 Å². The van der Waals surface area contributed by atoms with E-state index in [1.54, 1.807) is 32.0 Å². The van der Waals surface area contributed by atoms with Gasteiger partial charge in [-0.15, -0.1) is 11.6 Å². The van der Waals surface area contributed by atoms with Crippen molar-refractivity contribution in [1.29, 1.82) is 0 Å². The second-order valence-corrected chi connectivity index (χ2v) is 5.03. The van der Waals surface area contributed by atoms with Crippen molar-refractivity contribution in [1.82, 2.24) is 5.32 Å². The van der Waals surface area contributed by atoms with Crippen LogP contribution in [-0.4, -0.2) is 18.4 Å². The van der Waals surface area contributed by atoms with Gasteiger partial charge in [0.1, 0.15) is 0 Å². The number of rotatable bonds is 5. The van der Waals surface area contributed by atoms with Crippen LogP contribution < -0.4 is 11.1 Å². The Kier molecular flexibility index (Phi) is 4.73. The molecule has 0 radical (unpaired) electrons. The molecule has 5 heteroatoms. The highest BCUT2D eigenvalue weighted by Gasteiger charge is 2.25. The van der Waals surface area contributed by atoms with E-state index in [0.717, 1.165) is 5.56 Å². The van der Waals surface area contributed by atoms with Crippen LogP contribution in [0.15, 0.2) is 24.3 Å². The number of carbonyl (C=O) groups excluding carboxylic acids is 2. The molecule has 18 heavy (non-hydrogen) atoms. The Morgan fingerprint density at radius 3 is 2.61 bits per heavy atom. The maximum Gasteiger partial charge on any atom is 0.251 e. The zero-order valence-corrected chi connectivity index (χ0v) is 11.3. The quantitative estimate of drug-likeness (QED) is 0.798. The molecule has 0 atom stereocenters. The van der Waals surface area contributed by atoms with E-state index in [2.05, 4.69) is 5.32 Å². The van der Waals surface area contributed by atoms with E-state index in [0.29, 0.717) is 11.4 Å². The molecule has 0 spiro atoms. The topological polar surface area (TPSA) is 72.2 Å². The number of primary amides is 1. The van der Waals surface area contributed by atoms with Crippen LogP contribution in [0.5, 0.6) is 0 Å². The van der Waals surface area contributed by atoms with Crippen molar-refractivity contribution in [3.8, 4) is 0 Å². The van der Waals surface area contributed by atoms with Gasteiger partial charge in [-0.2, -0.15) is 0 Å². The van der Waals surface area contributed by atoms with Crippen LogP contribution >= 0.6 is 11.6 Å². The molecule has 1 aromatic rings. The molecule has 98 valence electrons. The Hall–Kier alpha value is -1.55. The van der Waals surface area contributed by atoms with Gasteiger partial charge in [-0.3, -0.25) is 9.59 Å². The summed E-state index contributed by atoms with van der Waals surface area (Å²) in [7, 11) is 0. The minimum atomic E-state index is -0.764. The van der Waals surface area contributed by atoms with Gasteiger partial charge in [0.15, 0.2) is 0 Å². The molecule has 0 bridgehead atoms. The minimum Gasteiger partial charge on any atom is -0.369 e. The molecule has 0 aliphatic rings. The van der Waals surface area contributed by atoms with Crippen molar-refractivity contribution < 1.29 is 9.59 Å². The lowest BCUT2D eigenvalue weighted by atomic mass is 9.92. The van der Waals surface area contributed by atoms with Gasteiger partial charge < -0.3 is 11.1 Å². The molecule has 0 heterocycles. The third-order valence-electron chi connectivity index (χ3n) is 2.70. The molecule has 0 unspecified atom stereocenters. The lowest BCUT2D eigenvalue weighted by Gasteiger charge is -2.20. The van der Waals surface area contributed by atoms with Gasteiger partial charge in [0.2, 0.25) is 5.91 Å². The average molecular weight is 269 g/mol. The van der Waals surface area contributed by atoms with Crippen molar-refractivity contribution in [3.05, 3.63) is 35.4 Å². The molecule has 0 aliphatic heterocycles. The maximum absolute atomic E-state index is 11.9. The van der Waals surface area contributed by atoms with Crippen LogP contribution in [0.3, 0.4) is 0 Å². The highest BCUT2D eigenvalue weighted by Crippen LogP contribution is 2.13. The van der Waals surface area contributed by atoms with Gasteiger partial charge in [0, 0.05) is 18.0 Å². The number of nitrogens with two attached hydrogens (primary N) is 1. The third-order valence-corrected chi connectivity index (χ3v) is 3.01. The number of alkyl halides is 1. The van der Waals surface area contributed by atoms with E-state index in [4.69, 9.17) is 17.3 Å². The summed E-state index contributed by atoms with van der Waals surface area (Å²) < 4.78 is 0. The van der Waals surface area contributed by atoms with Gasteiger partial charge in [0.25, 0.3) is 5.91 Å². The highest BCUT2D eigenvalue weighted by atomic mass is 35.5. The summed E-state index contributed by atoms with van der Waals surface area (Å²) >= 11 is 5.70. The molecule has 3 N–H and O–H groups in total. The number of carbonyl (C=O) groups is 2. The Morgan fingerprint density at radius 1 is 1.39 bits per heavy atom. The number of nitrogens with one attached hydrogen (secondary N) is 1. The summed E-state index contributed by atoms with van der Waals surface area (Å²) in [6.45, 7) is 3.57. The Balaban J connectivity index is 2.68. The van der Waals surface area contributed by atoms with Gasteiger partial charge in [-0.05, 0) is 31.5 Å². The number of amides is 2. The minimum absolute atomic E-state index is 0.201. The molecule has 1 aromatic carbocycles. The van der Waals surface area contributed by atoms with Gasteiger partial charge in [0.05, 0.1) is 5.41 Å². The van der Waals surface area contributed by atoms with Crippen LogP contribution in [-0.2, 0) is 10.7 Å². The fourth-order valence-corrected chi connectivity index (χ4v) is 1.45. The van der Waals surface area contributed by atoms with Crippen molar-refractivity contribution in [2.45, 2.75) is 19.7 Å². The molecule has 2 amide bonds. The smallest absolute Gasteiger partial charge is 0.251 e. The summed E-state index contributed by atoms with van der Waals surface area (Å²) in [6.07, 6.45) is 0. The van der Waals surface area contributed by atoms with E-state index < -0.39 is 11.3 Å². The lowest BCUT2D eigenvalue weighted by molar-refractivity contribution is -0.125. The molecule has 0 aliphatic carbocycles. The molecule has 0 saturated carbocycles. The van der Waals surface area contributed by atoms with E-state index in [1.807, 2.05) is 6.07 Å². The van der Waals surface area contributed by atoms with Crippen LogP contribution in [0, 0.1) is 5.41 Å². The first kappa shape index (κ1) is 14.5. The van der Waals surface area contributed by atoms with Gasteiger partial charge in [-0.1, -0.05) is 12.1 Å². The molecule has 1 rings (SSSR count). The summed E-state index contributed by atoms with van der Waals surface area (Å²) in [5, 5.41) is 2.69. The predicted molar refractivity (Wildman–Crippen MR) is 71.3 cm³/mol. The first-order valence-corrected chi connectivity index (χ1v) is 6.13. The zero-order chi connectivity index (χ0) is 13.8. The molecule has 0 aromatic heterocycles. The summed E-state index contributed by atoms with van der Waals surface area (Å²) in [4.78, 5) is 23.0. The van der Waals surface area contributed by atoms with Crippen molar-refractivity contribution >= 4 is 23.4 Å². The van der Waals surface area contributed by atoms with E-state index in [-0.39, 0.29) is 12.5 Å². The van der Waals surface area contributed by atoms with E-state index in [1.165, 1.54) is 0 Å². The van der Waals surface area contributed by atoms with Gasteiger partial charge in [-0.25, -0.2) is 0 Å². The largest absolute Gasteiger partial charge is 0.369 e. The maximum atomic E-state index is 11.9. The number of benzene rings is 1. The Morgan fingerprint density at radius 2 is 2.06 bits per heavy atom. The van der Waals surface area contributed by atoms with Crippen molar-refractivity contribution in [3.63, 3.8) is 0 Å². The standard InChI is InChI=1S/C13H17ClN2O2/c1-13(2,12(15)18)8-16-11(17)10-5-3-4-9(6-10)7-14/h3-6H,7-8H2,1-2H3,(H2,15,18)(H,16,17). The second kappa shape index (κ2) is 5.87. The van der Waals surface area contributed by atoms with Gasteiger partial charge >= 0.3 is 0 Å². The van der Waals surface area contributed by atoms with Crippen LogP contribution in [0.4, 0.5) is 0 Å². The SMILES string of the molecule is CC(C)(CNC(=O)c1cccc(CCl)c1)C(N)=O. The first-order valence-electron chi connectivity index (χ1n) is 5.60. The lowest BCUT2D eigenvalue weighted by Crippen LogP contribution is -2.42. The van der Waals surface area contributed by atoms with Crippen LogP contribution in [0.1, 0.15) is 29.8 Å². The van der Waals surface area contributed by atoms with E-state index >= 15 is 0 Å². The third kappa shape index (κ3) is 3.74. The molecule has 0 saturated heterocycles. The summed E-state index contributed by atoms with van der Waals surface area (Å²) in [5.41, 5.74) is 5.86. The number of halogens is 1. The van der Waals surface area contributed by atoms with Crippen LogP contribution in [0.25, 0.3) is 0 Å². The normalized spacial score (nSPS) is 11.1. The van der Waals surface area contributed by atoms with Crippen molar-refractivity contribution in [2.75, 3.05) is 6.54 Å². The molecule has 4 nitrogen and oxygen atoms in total. The second-order valence-electron chi connectivity index (χ2n) is 4.76.